The van der Waals surface area contributed by atoms with E-state index in [4.69, 9.17) is 23.7 Å². The summed E-state index contributed by atoms with van der Waals surface area (Å²) in [5, 5.41) is 10.8. The number of carbonyl (C=O) groups is 9. The number of anilines is 2. The molecule has 0 bridgehead atoms. The first kappa shape index (κ1) is 63.1. The number of hydrogen-bond donors (Lipinski definition) is 4. The number of carbonyl (C=O) groups excluding carboxylic acids is 9. The van der Waals surface area contributed by atoms with Crippen molar-refractivity contribution in [3.8, 4) is 17.2 Å². The lowest BCUT2D eigenvalue weighted by molar-refractivity contribution is -0.132. The first-order valence-corrected chi connectivity index (χ1v) is 30.9. The van der Waals surface area contributed by atoms with Gasteiger partial charge >= 0.3 is 18.1 Å². The van der Waals surface area contributed by atoms with E-state index in [2.05, 4.69) is 47.0 Å². The number of nitrogens with zero attached hydrogens (tertiary/aromatic N) is 7. The third-order valence-electron chi connectivity index (χ3n) is 18.2. The Morgan fingerprint density at radius 1 is 0.441 bits per heavy atom. The normalized spacial score (nSPS) is 22.2. The summed E-state index contributed by atoms with van der Waals surface area (Å²) in [4.78, 5) is 127. The lowest BCUT2D eigenvalue weighted by Crippen LogP contribution is -2.52. The van der Waals surface area contributed by atoms with Crippen LogP contribution in [-0.4, -0.2) is 186 Å². The number of rotatable bonds is 14. The Morgan fingerprint density at radius 2 is 0.774 bits per heavy atom. The van der Waals surface area contributed by atoms with E-state index >= 15 is 0 Å². The molecule has 5 saturated heterocycles. The molecule has 0 radical (unpaired) electrons. The van der Waals surface area contributed by atoms with Crippen molar-refractivity contribution in [2.75, 3.05) is 117 Å². The van der Waals surface area contributed by atoms with Gasteiger partial charge in [0, 0.05) is 92.4 Å². The Balaban J connectivity index is 0.000000135. The Hall–Kier alpha value is -10.1. The minimum absolute atomic E-state index is 0.0251. The van der Waals surface area contributed by atoms with Gasteiger partial charge in [0.05, 0.1) is 67.4 Å². The lowest BCUT2D eigenvalue weighted by Gasteiger charge is -2.33. The van der Waals surface area contributed by atoms with Crippen molar-refractivity contribution in [1.82, 2.24) is 45.8 Å². The van der Waals surface area contributed by atoms with E-state index in [1.54, 1.807) is 90.6 Å². The highest BCUT2D eigenvalue weighted by Gasteiger charge is 2.55. The van der Waals surface area contributed by atoms with Crippen molar-refractivity contribution in [2.45, 2.75) is 36.3 Å². The van der Waals surface area contributed by atoms with Gasteiger partial charge in [-0.3, -0.25) is 43.9 Å². The summed E-state index contributed by atoms with van der Waals surface area (Å²) in [5.41, 5.74) is 4.15. The van der Waals surface area contributed by atoms with Gasteiger partial charge in [-0.2, -0.15) is 0 Å². The average molecular weight is 1330 g/mol. The van der Waals surface area contributed by atoms with Gasteiger partial charge in [0.25, 0.3) is 35.4 Å². The molecule has 93 heavy (non-hydrogen) atoms. The number of morpholine rings is 2. The molecule has 0 aromatic heterocycles. The summed E-state index contributed by atoms with van der Waals surface area (Å²) in [6.07, 6.45) is 0. The molecule has 8 heterocycles. The van der Waals surface area contributed by atoms with Gasteiger partial charge in [-0.15, -0.1) is 0 Å². The second-order valence-corrected chi connectivity index (χ2v) is 24.5. The standard InChI is InChI=1S/C24H26N4O5.C23H24N4O5.C20H18BrN3O4/c1-26-22(30)24(25-23(26)31,17-4-6-18(7-5-17)27-9-11-33-12-10-27)15-28-14-16-3-8-19(32-2)13-20(16)21(28)29;1-31-18-7-2-15-13-27(20(28)19(15)12-18)14-23(21(29)24-22(30)25-23)16-3-5-17(6-4-16)26-8-10-32-11-9-26;1-23-18(26)20(22-19(23)27,13-4-6-14(21)7-5-13)11-24-10-12-3-8-15(28-2)9-16(12)17(24)25/h3-8,13H,9-12,14-15H2,1-2H3,(H,25,31);2-7,12H,8-11,13-14H2,1H3,(H2,24,25,29,30);3-9H,10-11H2,1-2H3,(H,22,27)/t24-;23-;20-/m000/s1. The molecule has 12 amide bonds. The molecule has 0 unspecified atom stereocenters. The Bertz CT molecular complexity index is 4000. The molecule has 8 aliphatic heterocycles. The van der Waals surface area contributed by atoms with Gasteiger partial charge < -0.3 is 64.1 Å². The van der Waals surface area contributed by atoms with Gasteiger partial charge in [0.2, 0.25) is 0 Å². The first-order valence-electron chi connectivity index (χ1n) is 30.1. The van der Waals surface area contributed by atoms with Crippen LogP contribution in [0, 0.1) is 0 Å². The fraction of sp³-hybridized carbons (Fsp3) is 0.328. The van der Waals surface area contributed by atoms with Gasteiger partial charge in [0.1, 0.15) is 17.2 Å². The van der Waals surface area contributed by atoms with Gasteiger partial charge in [0.15, 0.2) is 16.6 Å². The Kier molecular flexibility index (Phi) is 17.3. The third kappa shape index (κ3) is 11.8. The third-order valence-corrected chi connectivity index (χ3v) is 18.7. The molecule has 482 valence electrons. The number of amides is 12. The Morgan fingerprint density at radius 3 is 1.09 bits per heavy atom. The van der Waals surface area contributed by atoms with E-state index in [-0.39, 0.29) is 49.2 Å². The minimum Gasteiger partial charge on any atom is -0.497 e. The van der Waals surface area contributed by atoms with E-state index in [0.717, 1.165) is 68.5 Å². The van der Waals surface area contributed by atoms with Crippen LogP contribution >= 0.6 is 15.9 Å². The zero-order valence-electron chi connectivity index (χ0n) is 51.7. The summed E-state index contributed by atoms with van der Waals surface area (Å²) in [6.45, 7) is 7.07. The molecule has 6 aromatic carbocycles. The highest BCUT2D eigenvalue weighted by atomic mass is 79.9. The second kappa shape index (κ2) is 25.6. The van der Waals surface area contributed by atoms with Crippen molar-refractivity contribution in [2.24, 2.45) is 0 Å². The number of hydrogen-bond acceptors (Lipinski definition) is 16. The lowest BCUT2D eigenvalue weighted by atomic mass is 9.88. The highest BCUT2D eigenvalue weighted by Crippen LogP contribution is 2.39. The van der Waals surface area contributed by atoms with Gasteiger partial charge in [-0.1, -0.05) is 70.5 Å². The minimum atomic E-state index is -1.36. The highest BCUT2D eigenvalue weighted by molar-refractivity contribution is 9.10. The SMILES string of the molecule is COc1ccc2c(c1)C(=O)N(C[C@@]1(c3ccc(Br)cc3)NC(=O)N(C)C1=O)C2.COc1ccc2c(c1)C(=O)N(C[C@@]1(c3ccc(N4CCOCC4)cc3)NC(=O)N(C)C1=O)C2.COc1ccc2c(c1)C(=O)N(C[C@@]1(c3ccc(N4CCOCC4)cc3)NC(=O)NC1=O)C2. The maximum atomic E-state index is 13.4. The van der Waals surface area contributed by atoms with Crippen LogP contribution in [0.4, 0.5) is 25.8 Å². The van der Waals surface area contributed by atoms with Crippen molar-refractivity contribution < 1.29 is 66.8 Å². The predicted molar refractivity (Wildman–Crippen MR) is 341 cm³/mol. The topological polar surface area (TPSA) is 271 Å². The average Bonchev–Trinajstić information content (AvgIpc) is 1.67. The molecule has 26 heteroatoms. The predicted octanol–water partition coefficient (Wildman–Crippen LogP) is 5.28. The number of urea groups is 3. The molecule has 0 aliphatic carbocycles. The Labute approximate surface area is 543 Å². The van der Waals surface area contributed by atoms with Crippen molar-refractivity contribution in [3.05, 3.63) is 182 Å². The number of imide groups is 3. The van der Waals surface area contributed by atoms with E-state index in [9.17, 15) is 43.2 Å². The summed E-state index contributed by atoms with van der Waals surface area (Å²) < 4.78 is 27.4. The molecule has 8 aliphatic rings. The van der Waals surface area contributed by atoms with Crippen molar-refractivity contribution in [1.29, 1.82) is 0 Å². The summed E-state index contributed by atoms with van der Waals surface area (Å²) in [5.74, 6) is -0.0239. The largest absolute Gasteiger partial charge is 0.497 e. The molecule has 14 rings (SSSR count). The van der Waals surface area contributed by atoms with Crippen LogP contribution in [0.3, 0.4) is 0 Å². The summed E-state index contributed by atoms with van der Waals surface area (Å²) in [6, 6.07) is 36.9. The molecule has 4 N–H and O–H groups in total. The number of halogens is 1. The molecule has 25 nitrogen and oxygen atoms in total. The van der Waals surface area contributed by atoms with Crippen LogP contribution < -0.4 is 45.3 Å². The number of methoxy groups -OCH3 is 3. The van der Waals surface area contributed by atoms with E-state index in [0.29, 0.717) is 96.7 Å². The second-order valence-electron chi connectivity index (χ2n) is 23.6. The van der Waals surface area contributed by atoms with Crippen LogP contribution in [0.1, 0.15) is 64.5 Å². The number of nitrogens with one attached hydrogen (secondary N) is 4. The van der Waals surface area contributed by atoms with Crippen LogP contribution in [0.15, 0.2) is 132 Å². The quantitative estimate of drug-likeness (QED) is 0.101. The number of ether oxygens (including phenoxy) is 5. The van der Waals surface area contributed by atoms with E-state index in [1.807, 2.05) is 72.8 Å². The molecular weight excluding hydrogens is 1260 g/mol. The zero-order valence-corrected chi connectivity index (χ0v) is 53.3. The zero-order chi connectivity index (χ0) is 65.5. The number of likely N-dealkylation sites (N-methyl/N-ethyl adjacent to an activating group) is 2. The van der Waals surface area contributed by atoms with Crippen LogP contribution in [0.5, 0.6) is 17.2 Å². The summed E-state index contributed by atoms with van der Waals surface area (Å²) >= 11 is 3.38. The van der Waals surface area contributed by atoms with Crippen LogP contribution in [-0.2, 0) is 60.1 Å². The molecule has 3 atom stereocenters. The number of fused-ring (bicyclic) bond motifs is 3. The van der Waals surface area contributed by atoms with Gasteiger partial charge in [-0.05, 0) is 106 Å². The first-order chi connectivity index (χ1) is 44.8. The fourth-order valence-corrected chi connectivity index (χ4v) is 13.3. The van der Waals surface area contributed by atoms with E-state index < -0.39 is 40.6 Å². The number of benzene rings is 6. The maximum absolute atomic E-state index is 13.4. The molecule has 6 aromatic rings. The van der Waals surface area contributed by atoms with Crippen molar-refractivity contribution >= 4 is 80.8 Å². The van der Waals surface area contributed by atoms with E-state index in [1.165, 1.54) is 14.1 Å². The fourth-order valence-electron chi connectivity index (χ4n) is 13.0. The smallest absolute Gasteiger partial charge is 0.325 e. The molecule has 0 saturated carbocycles. The van der Waals surface area contributed by atoms with Crippen LogP contribution in [0.25, 0.3) is 0 Å². The van der Waals surface area contributed by atoms with Crippen molar-refractivity contribution in [3.63, 3.8) is 0 Å². The molecule has 0 spiro atoms. The molecule has 5 fully saturated rings. The summed E-state index contributed by atoms with van der Waals surface area (Å²) in [7, 11) is 7.53. The van der Waals surface area contributed by atoms with Crippen LogP contribution in [0.2, 0.25) is 0 Å². The van der Waals surface area contributed by atoms with Gasteiger partial charge in [-0.25, -0.2) is 14.4 Å². The maximum Gasteiger partial charge on any atom is 0.325 e. The monoisotopic (exact) mass is 1330 g/mol. The molecular formula is C67H68BrN11O14.